The summed E-state index contributed by atoms with van der Waals surface area (Å²) in [5.41, 5.74) is -9.21. The Morgan fingerprint density at radius 2 is 1.02 bits per heavy atom. The van der Waals surface area contributed by atoms with E-state index >= 15 is 0 Å². The van der Waals surface area contributed by atoms with Crippen molar-refractivity contribution in [2.45, 2.75) is 43.5 Å². The molecule has 20 heteroatoms. The maximum atomic E-state index is 14.3. The molecule has 6 atom stereocenters. The third-order valence-electron chi connectivity index (χ3n) is 10.9. The van der Waals surface area contributed by atoms with E-state index in [-0.39, 0.29) is 69.5 Å². The number of methoxy groups -OCH3 is 1. The van der Waals surface area contributed by atoms with Gasteiger partial charge >= 0.3 is 24.7 Å². The topological polar surface area (TPSA) is 104 Å². The van der Waals surface area contributed by atoms with Gasteiger partial charge in [0.05, 0.1) is 64.4 Å². The number of fused-ring (bicyclic) bond motifs is 4. The van der Waals surface area contributed by atoms with Crippen LogP contribution in [0.3, 0.4) is 0 Å². The molecule has 3 fully saturated rings. The molecule has 0 spiro atoms. The summed E-state index contributed by atoms with van der Waals surface area (Å²) in [4.78, 5) is 56.7. The first kappa shape index (κ1) is 39.7. The van der Waals surface area contributed by atoms with Crippen LogP contribution in [0.5, 0.6) is 11.5 Å². The molecule has 2 saturated heterocycles. The van der Waals surface area contributed by atoms with E-state index in [1.165, 1.54) is 25.3 Å². The lowest BCUT2D eigenvalue weighted by atomic mass is 9.57. The fourth-order valence-electron chi connectivity index (χ4n) is 8.51. The van der Waals surface area contributed by atoms with Gasteiger partial charge in [0.25, 0.3) is 0 Å². The largest absolute Gasteiger partial charge is 0.504 e. The Kier molecular flexibility index (Phi) is 9.04. The molecule has 4 amide bonds. The molecule has 1 N–H and O–H groups in total. The zero-order valence-electron chi connectivity index (χ0n) is 28.6. The first-order valence-corrected chi connectivity index (χ1v) is 16.7. The summed E-state index contributed by atoms with van der Waals surface area (Å²) < 4.78 is 171. The van der Waals surface area contributed by atoms with Crippen molar-refractivity contribution in [3.8, 4) is 11.5 Å². The summed E-state index contributed by atoms with van der Waals surface area (Å²) in [6.07, 6.45) is -20.9. The summed E-state index contributed by atoms with van der Waals surface area (Å²) in [6, 6.07) is 4.02. The van der Waals surface area contributed by atoms with Crippen molar-refractivity contribution in [1.29, 1.82) is 0 Å². The quantitative estimate of drug-likeness (QED) is 0.161. The number of imide groups is 2. The van der Waals surface area contributed by atoms with Crippen LogP contribution in [0.25, 0.3) is 0 Å². The number of benzene rings is 3. The molecule has 3 aromatic rings. The number of carbonyl (C=O) groups is 4. The Bertz CT molecular complexity index is 2200. The molecule has 4 aliphatic rings. The van der Waals surface area contributed by atoms with Gasteiger partial charge in [-0.2, -0.15) is 52.7 Å². The second-order valence-corrected chi connectivity index (χ2v) is 14.0. The minimum Gasteiger partial charge on any atom is -0.504 e. The van der Waals surface area contributed by atoms with E-state index in [0.717, 1.165) is 6.07 Å². The number of carbonyl (C=O) groups excluding carboxylic acids is 4. The van der Waals surface area contributed by atoms with Gasteiger partial charge in [-0.15, -0.1) is 0 Å². The normalized spacial score (nSPS) is 25.4. The van der Waals surface area contributed by atoms with Crippen LogP contribution >= 0.6 is 0 Å². The van der Waals surface area contributed by atoms with Crippen molar-refractivity contribution < 1.29 is 81.7 Å². The van der Waals surface area contributed by atoms with E-state index in [1.54, 1.807) is 0 Å². The average Bonchev–Trinajstić information content (AvgIpc) is 3.52. The molecule has 1 saturated carbocycles. The molecule has 0 radical (unpaired) electrons. The fourth-order valence-corrected chi connectivity index (χ4v) is 8.51. The Labute approximate surface area is 312 Å². The molecule has 2 aliphatic heterocycles. The number of aromatic hydroxyl groups is 1. The van der Waals surface area contributed by atoms with Crippen molar-refractivity contribution in [3.05, 3.63) is 94.1 Å². The number of hydrogen-bond donors (Lipinski definition) is 1. The lowest BCUT2D eigenvalue weighted by Gasteiger charge is -2.44. The van der Waals surface area contributed by atoms with Crippen molar-refractivity contribution >= 4 is 35.0 Å². The van der Waals surface area contributed by atoms with Crippen molar-refractivity contribution in [1.82, 2.24) is 0 Å². The summed E-state index contributed by atoms with van der Waals surface area (Å²) in [5, 5.41) is 10.7. The van der Waals surface area contributed by atoms with Crippen molar-refractivity contribution in [2.75, 3.05) is 16.9 Å². The number of hydrogen-bond acceptors (Lipinski definition) is 6. The zero-order chi connectivity index (χ0) is 41.9. The lowest BCUT2D eigenvalue weighted by Crippen LogP contribution is -2.43. The van der Waals surface area contributed by atoms with Gasteiger partial charge < -0.3 is 9.84 Å². The highest BCUT2D eigenvalue weighted by Gasteiger charge is 2.63. The van der Waals surface area contributed by atoms with Gasteiger partial charge in [0.2, 0.25) is 23.6 Å². The van der Waals surface area contributed by atoms with Crippen LogP contribution < -0.4 is 14.5 Å². The van der Waals surface area contributed by atoms with E-state index < -0.39 is 130 Å². The smallest absolute Gasteiger partial charge is 0.416 e. The van der Waals surface area contributed by atoms with Gasteiger partial charge in [0.15, 0.2) is 11.5 Å². The van der Waals surface area contributed by atoms with E-state index in [0.29, 0.717) is 0 Å². The Morgan fingerprint density at radius 1 is 0.579 bits per heavy atom. The van der Waals surface area contributed by atoms with Gasteiger partial charge in [-0.05, 0) is 72.9 Å². The highest BCUT2D eigenvalue weighted by molar-refractivity contribution is 6.24. The van der Waals surface area contributed by atoms with E-state index in [4.69, 9.17) is 4.74 Å². The van der Waals surface area contributed by atoms with Gasteiger partial charge in [0, 0.05) is 5.92 Å². The van der Waals surface area contributed by atoms with Crippen molar-refractivity contribution in [2.24, 2.45) is 29.6 Å². The predicted octanol–water partition coefficient (Wildman–Crippen LogP) is 8.52. The molecule has 7 rings (SSSR count). The number of phenols is 1. The number of anilines is 2. The van der Waals surface area contributed by atoms with Crippen LogP contribution in [0.15, 0.2) is 66.2 Å². The standard InChI is InChI=1S/C37H24F12N2O6/c1-57-26-5-2-14(6-25(26)52)27-21-3-4-22-28(32(55)50(30(22)53)19-9-15(34(38,39)40)7-16(10-19)35(41,42)43)23(21)13-24-29(27)33(56)51(31(24)54)20-11-17(36(44,45)46)8-18(12-20)37(47,48)49/h2-3,5-12,22-24,27-29,52H,4,13H2,1H3. The minimum absolute atomic E-state index is 0.0575. The number of amides is 4. The maximum Gasteiger partial charge on any atom is 0.416 e. The number of ether oxygens (including phenoxy) is 1. The van der Waals surface area contributed by atoms with E-state index in [1.807, 2.05) is 0 Å². The first-order valence-electron chi connectivity index (χ1n) is 16.7. The Balaban J connectivity index is 1.36. The molecular weight excluding hydrogens is 796 g/mol. The number of allylic oxidation sites excluding steroid dienone is 2. The summed E-state index contributed by atoms with van der Waals surface area (Å²) in [6.45, 7) is 0. The minimum atomic E-state index is -5.37. The SMILES string of the molecule is COc1ccc(C2C3=CCC4C(=O)N(c5cc(C(F)(F)F)cc(C(F)(F)F)c5)C(=O)C4C3CC3C(=O)N(c4cc(C(F)(F)F)cc(C(F)(F)F)c4)C(=O)C32)cc1O. The van der Waals surface area contributed by atoms with Gasteiger partial charge in [-0.1, -0.05) is 17.7 Å². The average molecular weight is 821 g/mol. The van der Waals surface area contributed by atoms with E-state index in [2.05, 4.69) is 0 Å². The highest BCUT2D eigenvalue weighted by atomic mass is 19.4. The third-order valence-corrected chi connectivity index (χ3v) is 10.9. The summed E-state index contributed by atoms with van der Waals surface area (Å²) in [5.74, 6) is -14.3. The highest BCUT2D eigenvalue weighted by Crippen LogP contribution is 2.59. The van der Waals surface area contributed by atoms with E-state index in [9.17, 15) is 77.0 Å². The van der Waals surface area contributed by atoms with Gasteiger partial charge in [-0.3, -0.25) is 19.2 Å². The molecule has 302 valence electrons. The molecule has 57 heavy (non-hydrogen) atoms. The van der Waals surface area contributed by atoms with Gasteiger partial charge in [-0.25, -0.2) is 9.80 Å². The number of nitrogens with zero attached hydrogens (tertiary/aromatic N) is 2. The number of alkyl halides is 12. The van der Waals surface area contributed by atoms with Gasteiger partial charge in [0.1, 0.15) is 0 Å². The van der Waals surface area contributed by atoms with Crippen LogP contribution in [-0.2, 0) is 43.9 Å². The molecule has 3 aromatic carbocycles. The number of halogens is 12. The molecule has 2 heterocycles. The number of phenolic OH excluding ortho intramolecular Hbond substituents is 1. The van der Waals surface area contributed by atoms with Crippen LogP contribution in [0, 0.1) is 29.6 Å². The van der Waals surface area contributed by atoms with Crippen LogP contribution in [0.1, 0.15) is 46.6 Å². The lowest BCUT2D eigenvalue weighted by molar-refractivity contribution is -0.144. The second kappa shape index (κ2) is 13.0. The fraction of sp³-hybridized carbons (Fsp3) is 0.351. The zero-order valence-corrected chi connectivity index (χ0v) is 28.6. The van der Waals surface area contributed by atoms with Crippen molar-refractivity contribution in [3.63, 3.8) is 0 Å². The Hall–Kier alpha value is -5.56. The maximum absolute atomic E-state index is 14.3. The van der Waals surface area contributed by atoms with Crippen LogP contribution in [-0.4, -0.2) is 35.8 Å². The Morgan fingerprint density at radius 3 is 1.44 bits per heavy atom. The molecule has 0 bridgehead atoms. The molecule has 6 unspecified atom stereocenters. The second-order valence-electron chi connectivity index (χ2n) is 14.0. The summed E-state index contributed by atoms with van der Waals surface area (Å²) in [7, 11) is 1.20. The third kappa shape index (κ3) is 6.55. The number of rotatable bonds is 4. The predicted molar refractivity (Wildman–Crippen MR) is 170 cm³/mol. The van der Waals surface area contributed by atoms with Crippen LogP contribution in [0.4, 0.5) is 64.1 Å². The molecule has 2 aliphatic carbocycles. The molecule has 8 nitrogen and oxygen atoms in total. The first-order chi connectivity index (χ1) is 26.3. The van der Waals surface area contributed by atoms with Crippen LogP contribution in [0.2, 0.25) is 0 Å². The molecule has 0 aromatic heterocycles. The molecular formula is C37H24F12N2O6. The monoisotopic (exact) mass is 820 g/mol. The summed E-state index contributed by atoms with van der Waals surface area (Å²) >= 11 is 0.